The minimum atomic E-state index is -0.371. The number of thiazole rings is 1. The quantitative estimate of drug-likeness (QED) is 0.730. The molecule has 0 spiro atoms. The van der Waals surface area contributed by atoms with Crippen molar-refractivity contribution in [2.24, 2.45) is 0 Å². The van der Waals surface area contributed by atoms with Gasteiger partial charge in [-0.1, -0.05) is 0 Å². The first-order valence-electron chi connectivity index (χ1n) is 4.90. The Morgan fingerprint density at radius 1 is 1.44 bits per heavy atom. The van der Waals surface area contributed by atoms with Gasteiger partial charge in [0.15, 0.2) is 0 Å². The largest absolute Gasteiger partial charge is 0.465 e. The number of esters is 1. The van der Waals surface area contributed by atoms with Crippen LogP contribution in [0.15, 0.2) is 21.2 Å². The predicted molar refractivity (Wildman–Crippen MR) is 76.8 cm³/mol. The molecule has 18 heavy (non-hydrogen) atoms. The van der Waals surface area contributed by atoms with Crippen molar-refractivity contribution in [3.05, 3.63) is 31.8 Å². The van der Waals surface area contributed by atoms with Crippen molar-refractivity contribution < 1.29 is 9.53 Å². The Kier molecular flexibility index (Phi) is 4.14. The zero-order chi connectivity index (χ0) is 13.3. The van der Waals surface area contributed by atoms with E-state index in [9.17, 15) is 4.79 Å². The van der Waals surface area contributed by atoms with Crippen molar-refractivity contribution >= 4 is 49.2 Å². The molecule has 0 radical (unpaired) electrons. The summed E-state index contributed by atoms with van der Waals surface area (Å²) in [5.41, 5.74) is 1.36. The molecule has 0 aliphatic heterocycles. The van der Waals surface area contributed by atoms with Gasteiger partial charge in [0.05, 0.1) is 12.8 Å². The molecular formula is C11H8Br2N2O2S. The summed E-state index contributed by atoms with van der Waals surface area (Å²) in [5.74, 6) is -0.371. The molecule has 94 valence electrons. The summed E-state index contributed by atoms with van der Waals surface area (Å²) >= 11 is 8.04. The molecule has 0 unspecified atom stereocenters. The average Bonchev–Trinajstić information content (AvgIpc) is 2.70. The predicted octanol–water partition coefficient (Wildman–Crippen LogP) is 3.83. The van der Waals surface area contributed by atoms with Gasteiger partial charge < -0.3 is 4.74 Å². The van der Waals surface area contributed by atoms with E-state index in [2.05, 4.69) is 41.8 Å². The summed E-state index contributed by atoms with van der Waals surface area (Å²) in [4.78, 5) is 20.7. The standard InChI is InChI=1S/C11H8Br2N2O2S/c1-5-9(11(16)17-2)18-10(15-5)8-7(13)3-6(12)4-14-8/h3-4H,1-2H3. The summed E-state index contributed by atoms with van der Waals surface area (Å²) in [5, 5.41) is 0.687. The molecule has 4 nitrogen and oxygen atoms in total. The third-order valence-electron chi connectivity index (χ3n) is 2.18. The maximum absolute atomic E-state index is 11.5. The lowest BCUT2D eigenvalue weighted by Crippen LogP contribution is -1.99. The maximum Gasteiger partial charge on any atom is 0.349 e. The van der Waals surface area contributed by atoms with E-state index >= 15 is 0 Å². The zero-order valence-electron chi connectivity index (χ0n) is 9.53. The van der Waals surface area contributed by atoms with Crippen molar-refractivity contribution in [3.63, 3.8) is 0 Å². The lowest BCUT2D eigenvalue weighted by atomic mass is 10.3. The molecule has 0 fully saturated rings. The topological polar surface area (TPSA) is 52.1 Å². The number of aromatic nitrogens is 2. The smallest absolute Gasteiger partial charge is 0.349 e. The Morgan fingerprint density at radius 3 is 2.78 bits per heavy atom. The third-order valence-corrected chi connectivity index (χ3v) is 4.36. The molecular weight excluding hydrogens is 384 g/mol. The van der Waals surface area contributed by atoms with Gasteiger partial charge in [0.25, 0.3) is 0 Å². The van der Waals surface area contributed by atoms with Crippen LogP contribution in [0.4, 0.5) is 0 Å². The zero-order valence-corrected chi connectivity index (χ0v) is 13.5. The van der Waals surface area contributed by atoms with Crippen LogP contribution >= 0.6 is 43.2 Å². The van der Waals surface area contributed by atoms with Gasteiger partial charge in [-0.3, -0.25) is 4.98 Å². The van der Waals surface area contributed by atoms with Crippen molar-refractivity contribution in [2.75, 3.05) is 7.11 Å². The molecule has 7 heteroatoms. The fourth-order valence-corrected chi connectivity index (χ4v) is 3.65. The first kappa shape index (κ1) is 13.6. The molecule has 0 saturated heterocycles. The Hall–Kier alpha value is -0.790. The van der Waals surface area contributed by atoms with Crippen molar-refractivity contribution in [1.82, 2.24) is 9.97 Å². The van der Waals surface area contributed by atoms with E-state index in [4.69, 9.17) is 4.74 Å². The highest BCUT2D eigenvalue weighted by Crippen LogP contribution is 2.33. The van der Waals surface area contributed by atoms with E-state index < -0.39 is 0 Å². The monoisotopic (exact) mass is 390 g/mol. The molecule has 2 rings (SSSR count). The third kappa shape index (κ3) is 2.62. The molecule has 0 atom stereocenters. The van der Waals surface area contributed by atoms with Gasteiger partial charge in [-0.25, -0.2) is 9.78 Å². The molecule has 0 aliphatic carbocycles. The molecule has 0 bridgehead atoms. The van der Waals surface area contributed by atoms with Gasteiger partial charge in [-0.2, -0.15) is 0 Å². The average molecular weight is 392 g/mol. The van der Waals surface area contributed by atoms with Gasteiger partial charge in [0.2, 0.25) is 0 Å². The van der Waals surface area contributed by atoms with Crippen LogP contribution in [0.25, 0.3) is 10.7 Å². The second-order valence-electron chi connectivity index (χ2n) is 3.41. The summed E-state index contributed by atoms with van der Waals surface area (Å²) < 4.78 is 6.40. The van der Waals surface area contributed by atoms with Crippen molar-refractivity contribution in [1.29, 1.82) is 0 Å². The highest BCUT2D eigenvalue weighted by molar-refractivity contribution is 9.11. The van der Waals surface area contributed by atoms with Gasteiger partial charge in [-0.15, -0.1) is 11.3 Å². The molecule has 0 amide bonds. The van der Waals surface area contributed by atoms with Crippen LogP contribution in [0.1, 0.15) is 15.4 Å². The van der Waals surface area contributed by atoms with Gasteiger partial charge in [-0.05, 0) is 44.8 Å². The Labute approximate surface area is 125 Å². The van der Waals surface area contributed by atoms with Crippen LogP contribution in [-0.2, 0) is 4.74 Å². The second kappa shape index (κ2) is 5.46. The summed E-state index contributed by atoms with van der Waals surface area (Å²) in [7, 11) is 1.36. The molecule has 0 N–H and O–H groups in total. The molecule has 0 aliphatic rings. The Bertz CT molecular complexity index is 613. The number of pyridine rings is 1. The number of carbonyl (C=O) groups is 1. The fraction of sp³-hybridized carbons (Fsp3) is 0.182. The lowest BCUT2D eigenvalue weighted by Gasteiger charge is -1.99. The first-order valence-corrected chi connectivity index (χ1v) is 7.30. The van der Waals surface area contributed by atoms with Gasteiger partial charge in [0, 0.05) is 15.1 Å². The number of ether oxygens (including phenoxy) is 1. The maximum atomic E-state index is 11.5. The number of carbonyl (C=O) groups excluding carboxylic acids is 1. The van der Waals surface area contributed by atoms with Crippen molar-refractivity contribution in [3.8, 4) is 10.7 Å². The molecule has 0 saturated carbocycles. The van der Waals surface area contributed by atoms with Crippen LogP contribution in [0.5, 0.6) is 0 Å². The normalized spacial score (nSPS) is 10.4. The van der Waals surface area contributed by atoms with Crippen LogP contribution in [0.3, 0.4) is 0 Å². The summed E-state index contributed by atoms with van der Waals surface area (Å²) in [6.45, 7) is 1.78. The Morgan fingerprint density at radius 2 is 2.17 bits per heavy atom. The minimum Gasteiger partial charge on any atom is -0.465 e. The second-order valence-corrected chi connectivity index (χ2v) is 6.18. The molecule has 2 aromatic heterocycles. The SMILES string of the molecule is COC(=O)c1sc(-c2ncc(Br)cc2Br)nc1C. The van der Waals surface area contributed by atoms with Gasteiger partial charge >= 0.3 is 5.97 Å². The van der Waals surface area contributed by atoms with E-state index in [0.29, 0.717) is 21.3 Å². The Balaban J connectivity index is 2.49. The van der Waals surface area contributed by atoms with E-state index in [1.54, 1.807) is 13.1 Å². The van der Waals surface area contributed by atoms with Crippen LogP contribution in [-0.4, -0.2) is 23.0 Å². The number of methoxy groups -OCH3 is 1. The van der Waals surface area contributed by atoms with E-state index in [1.165, 1.54) is 18.4 Å². The molecule has 2 heterocycles. The highest BCUT2D eigenvalue weighted by atomic mass is 79.9. The number of nitrogens with zero attached hydrogens (tertiary/aromatic N) is 2. The summed E-state index contributed by atoms with van der Waals surface area (Å²) in [6, 6.07) is 1.89. The number of rotatable bonds is 2. The van der Waals surface area contributed by atoms with Crippen LogP contribution in [0, 0.1) is 6.92 Å². The number of hydrogen-bond acceptors (Lipinski definition) is 5. The minimum absolute atomic E-state index is 0.371. The summed E-state index contributed by atoms with van der Waals surface area (Å²) in [6.07, 6.45) is 1.69. The van der Waals surface area contributed by atoms with E-state index in [0.717, 1.165) is 8.95 Å². The van der Waals surface area contributed by atoms with E-state index in [-0.39, 0.29) is 5.97 Å². The fourth-order valence-electron chi connectivity index (χ4n) is 1.35. The highest BCUT2D eigenvalue weighted by Gasteiger charge is 2.18. The molecule has 2 aromatic rings. The van der Waals surface area contributed by atoms with E-state index in [1.807, 2.05) is 6.07 Å². The van der Waals surface area contributed by atoms with Gasteiger partial charge in [0.1, 0.15) is 15.6 Å². The number of hydrogen-bond donors (Lipinski definition) is 0. The van der Waals surface area contributed by atoms with Crippen LogP contribution < -0.4 is 0 Å². The van der Waals surface area contributed by atoms with Crippen molar-refractivity contribution in [2.45, 2.75) is 6.92 Å². The molecule has 0 aromatic carbocycles. The first-order chi connectivity index (χ1) is 8.52. The van der Waals surface area contributed by atoms with Crippen LogP contribution in [0.2, 0.25) is 0 Å². The lowest BCUT2D eigenvalue weighted by molar-refractivity contribution is 0.0605. The number of aryl methyl sites for hydroxylation is 1. The number of halogens is 2.